The maximum atomic E-state index is 13.5. The molecule has 0 saturated carbocycles. The second-order valence-corrected chi connectivity index (χ2v) is 5.23. The van der Waals surface area contributed by atoms with Crippen LogP contribution in [0.15, 0.2) is 22.7 Å². The van der Waals surface area contributed by atoms with E-state index < -0.39 is 0 Å². The van der Waals surface area contributed by atoms with E-state index in [1.807, 2.05) is 6.07 Å². The number of hydrogen-bond donors (Lipinski definition) is 0. The molecule has 1 rings (SSSR count). The van der Waals surface area contributed by atoms with E-state index in [9.17, 15) is 4.39 Å². The zero-order valence-electron chi connectivity index (χ0n) is 11.2. The van der Waals surface area contributed by atoms with Crippen molar-refractivity contribution >= 4 is 15.9 Å². The number of benzene rings is 1. The highest BCUT2D eigenvalue weighted by molar-refractivity contribution is 9.10. The first kappa shape index (κ1) is 15.6. The summed E-state index contributed by atoms with van der Waals surface area (Å²) in [6.07, 6.45) is 1.07. The molecule has 102 valence electrons. The largest absolute Gasteiger partial charge is 0.383 e. The molecule has 0 aliphatic carbocycles. The molecule has 0 spiro atoms. The van der Waals surface area contributed by atoms with Gasteiger partial charge in [0.2, 0.25) is 0 Å². The molecule has 0 aromatic heterocycles. The van der Waals surface area contributed by atoms with Crippen LogP contribution in [0.1, 0.15) is 25.8 Å². The van der Waals surface area contributed by atoms with Crippen molar-refractivity contribution in [2.24, 2.45) is 0 Å². The van der Waals surface area contributed by atoms with Crippen molar-refractivity contribution in [3.8, 4) is 0 Å². The minimum atomic E-state index is -0.205. The number of methoxy groups -OCH3 is 1. The quantitative estimate of drug-likeness (QED) is 0.757. The lowest BCUT2D eigenvalue weighted by Crippen LogP contribution is -2.35. The van der Waals surface area contributed by atoms with E-state index in [-0.39, 0.29) is 5.82 Å². The molecule has 0 saturated heterocycles. The van der Waals surface area contributed by atoms with Crippen LogP contribution in [0.2, 0.25) is 0 Å². The van der Waals surface area contributed by atoms with Crippen molar-refractivity contribution in [2.75, 3.05) is 20.3 Å². The van der Waals surface area contributed by atoms with Gasteiger partial charge in [0.15, 0.2) is 0 Å². The van der Waals surface area contributed by atoms with Gasteiger partial charge in [0.1, 0.15) is 5.82 Å². The molecule has 1 aromatic rings. The van der Waals surface area contributed by atoms with Gasteiger partial charge in [-0.25, -0.2) is 4.39 Å². The molecule has 18 heavy (non-hydrogen) atoms. The lowest BCUT2D eigenvalue weighted by Gasteiger charge is -2.28. The van der Waals surface area contributed by atoms with Gasteiger partial charge in [0.05, 0.1) is 11.1 Å². The number of nitrogens with zero attached hydrogens (tertiary/aromatic N) is 1. The Morgan fingerprint density at radius 3 is 2.78 bits per heavy atom. The van der Waals surface area contributed by atoms with E-state index in [1.165, 1.54) is 6.07 Å². The summed E-state index contributed by atoms with van der Waals surface area (Å²) < 4.78 is 19.2. The molecule has 4 heteroatoms. The SMILES string of the molecule is CCC(C)N(CCOC)Cc1cccc(F)c1Br. The fourth-order valence-corrected chi connectivity index (χ4v) is 2.20. The van der Waals surface area contributed by atoms with Crippen molar-refractivity contribution in [2.45, 2.75) is 32.9 Å². The van der Waals surface area contributed by atoms with Crippen molar-refractivity contribution in [3.63, 3.8) is 0 Å². The van der Waals surface area contributed by atoms with Gasteiger partial charge >= 0.3 is 0 Å². The number of ether oxygens (including phenoxy) is 1. The van der Waals surface area contributed by atoms with Gasteiger partial charge in [0, 0.05) is 26.2 Å². The minimum Gasteiger partial charge on any atom is -0.383 e. The van der Waals surface area contributed by atoms with Crippen LogP contribution in [0.25, 0.3) is 0 Å². The molecule has 1 atom stereocenters. The first-order valence-corrected chi connectivity index (χ1v) is 7.05. The summed E-state index contributed by atoms with van der Waals surface area (Å²) >= 11 is 3.31. The molecule has 0 bridgehead atoms. The summed E-state index contributed by atoms with van der Waals surface area (Å²) in [5, 5.41) is 0. The average Bonchev–Trinajstić information content (AvgIpc) is 2.38. The maximum Gasteiger partial charge on any atom is 0.137 e. The number of rotatable bonds is 7. The maximum absolute atomic E-state index is 13.5. The monoisotopic (exact) mass is 317 g/mol. The van der Waals surface area contributed by atoms with Crippen LogP contribution in [0.3, 0.4) is 0 Å². The highest BCUT2D eigenvalue weighted by Gasteiger charge is 2.15. The minimum absolute atomic E-state index is 0.205. The normalized spacial score (nSPS) is 13.0. The van der Waals surface area contributed by atoms with Crippen molar-refractivity contribution < 1.29 is 9.13 Å². The van der Waals surface area contributed by atoms with Gasteiger partial charge in [-0.1, -0.05) is 19.1 Å². The van der Waals surface area contributed by atoms with E-state index in [0.29, 0.717) is 17.1 Å². The molecular weight excluding hydrogens is 297 g/mol. The van der Waals surface area contributed by atoms with Crippen LogP contribution >= 0.6 is 15.9 Å². The average molecular weight is 318 g/mol. The summed E-state index contributed by atoms with van der Waals surface area (Å²) in [6.45, 7) is 6.62. The standard InChI is InChI=1S/C14H21BrFNO/c1-4-11(2)17(8-9-18-3)10-12-6-5-7-13(16)14(12)15/h5-7,11H,4,8-10H2,1-3H3. The summed E-state index contributed by atoms with van der Waals surface area (Å²) in [5.41, 5.74) is 0.978. The molecule has 2 nitrogen and oxygen atoms in total. The third kappa shape index (κ3) is 4.34. The zero-order chi connectivity index (χ0) is 13.5. The van der Waals surface area contributed by atoms with Crippen LogP contribution in [-0.4, -0.2) is 31.2 Å². The van der Waals surface area contributed by atoms with Gasteiger partial charge in [-0.2, -0.15) is 0 Å². The lowest BCUT2D eigenvalue weighted by molar-refractivity contribution is 0.118. The fourth-order valence-electron chi connectivity index (χ4n) is 1.81. The Hall–Kier alpha value is -0.450. The van der Waals surface area contributed by atoms with E-state index >= 15 is 0 Å². The Morgan fingerprint density at radius 1 is 1.44 bits per heavy atom. The van der Waals surface area contributed by atoms with Gasteiger partial charge in [0.25, 0.3) is 0 Å². The second kappa shape index (κ2) is 7.87. The first-order valence-electron chi connectivity index (χ1n) is 6.26. The van der Waals surface area contributed by atoms with Gasteiger partial charge in [-0.15, -0.1) is 0 Å². The van der Waals surface area contributed by atoms with Gasteiger partial charge < -0.3 is 4.74 Å². The second-order valence-electron chi connectivity index (χ2n) is 4.43. The molecule has 0 aliphatic rings. The predicted octanol–water partition coefficient (Wildman–Crippen LogP) is 3.84. The molecule has 0 heterocycles. The Kier molecular flexibility index (Phi) is 6.82. The Morgan fingerprint density at radius 2 is 2.17 bits per heavy atom. The van der Waals surface area contributed by atoms with E-state index in [2.05, 4.69) is 34.7 Å². The topological polar surface area (TPSA) is 12.5 Å². The van der Waals surface area contributed by atoms with Gasteiger partial charge in [-0.05, 0) is 40.9 Å². The smallest absolute Gasteiger partial charge is 0.137 e. The van der Waals surface area contributed by atoms with Crippen LogP contribution in [0.5, 0.6) is 0 Å². The summed E-state index contributed by atoms with van der Waals surface area (Å²) in [4.78, 5) is 2.31. The fraction of sp³-hybridized carbons (Fsp3) is 0.571. The Bertz CT molecular complexity index is 373. The summed E-state index contributed by atoms with van der Waals surface area (Å²) in [7, 11) is 1.70. The third-order valence-corrected chi connectivity index (χ3v) is 4.09. The Balaban J connectivity index is 2.78. The molecule has 0 aliphatic heterocycles. The number of hydrogen-bond acceptors (Lipinski definition) is 2. The number of halogens is 2. The van der Waals surface area contributed by atoms with Crippen LogP contribution in [-0.2, 0) is 11.3 Å². The van der Waals surface area contributed by atoms with Crippen molar-refractivity contribution in [1.29, 1.82) is 0 Å². The molecule has 1 aromatic carbocycles. The van der Waals surface area contributed by atoms with Crippen LogP contribution in [0, 0.1) is 5.82 Å². The van der Waals surface area contributed by atoms with Gasteiger partial charge in [-0.3, -0.25) is 4.90 Å². The van der Waals surface area contributed by atoms with Crippen molar-refractivity contribution in [3.05, 3.63) is 34.1 Å². The molecular formula is C14H21BrFNO. The summed E-state index contributed by atoms with van der Waals surface area (Å²) in [6, 6.07) is 5.63. The van der Waals surface area contributed by atoms with E-state index in [0.717, 1.165) is 25.1 Å². The Labute approximate surface area is 117 Å². The zero-order valence-corrected chi connectivity index (χ0v) is 12.8. The molecule has 1 unspecified atom stereocenters. The van der Waals surface area contributed by atoms with Crippen LogP contribution < -0.4 is 0 Å². The highest BCUT2D eigenvalue weighted by Crippen LogP contribution is 2.22. The highest BCUT2D eigenvalue weighted by atomic mass is 79.9. The van der Waals surface area contributed by atoms with E-state index in [1.54, 1.807) is 13.2 Å². The lowest BCUT2D eigenvalue weighted by atomic mass is 10.1. The van der Waals surface area contributed by atoms with Crippen molar-refractivity contribution in [1.82, 2.24) is 4.90 Å². The molecule has 0 amide bonds. The van der Waals surface area contributed by atoms with Crippen LogP contribution in [0.4, 0.5) is 4.39 Å². The first-order chi connectivity index (χ1) is 8.60. The molecule has 0 fully saturated rings. The summed E-state index contributed by atoms with van der Waals surface area (Å²) in [5.74, 6) is -0.205. The van der Waals surface area contributed by atoms with E-state index in [4.69, 9.17) is 4.74 Å². The molecule has 0 N–H and O–H groups in total. The molecule has 0 radical (unpaired) electrons. The third-order valence-electron chi connectivity index (χ3n) is 3.20. The predicted molar refractivity (Wildman–Crippen MR) is 76.1 cm³/mol.